The molecule has 3 nitrogen and oxygen atoms in total. The molecule has 14 heavy (non-hydrogen) atoms. The molecular weight excluding hydrogens is 194 g/mol. The third-order valence-electron chi connectivity index (χ3n) is 2.13. The summed E-state index contributed by atoms with van der Waals surface area (Å²) in [6.07, 6.45) is 4.94. The average molecular weight is 207 g/mol. The quantitative estimate of drug-likeness (QED) is 0.825. The van der Waals surface area contributed by atoms with Crippen LogP contribution in [0, 0.1) is 0 Å². The zero-order valence-electron chi connectivity index (χ0n) is 7.89. The van der Waals surface area contributed by atoms with Crippen LogP contribution < -0.4 is 5.73 Å². The normalized spacial score (nSPS) is 10.6. The van der Waals surface area contributed by atoms with Gasteiger partial charge in [-0.3, -0.25) is 4.98 Å². The minimum atomic E-state index is 0.701. The van der Waals surface area contributed by atoms with E-state index in [0.29, 0.717) is 6.54 Å². The summed E-state index contributed by atoms with van der Waals surface area (Å²) >= 11 is 1.68. The van der Waals surface area contributed by atoms with Gasteiger partial charge in [0, 0.05) is 23.0 Å². The van der Waals surface area contributed by atoms with Crippen molar-refractivity contribution < 1.29 is 0 Å². The van der Waals surface area contributed by atoms with Gasteiger partial charge in [0.2, 0.25) is 0 Å². The summed E-state index contributed by atoms with van der Waals surface area (Å²) < 4.78 is 2.22. The van der Waals surface area contributed by atoms with E-state index in [-0.39, 0.29) is 0 Å². The Kier molecular flexibility index (Phi) is 2.96. The maximum absolute atomic E-state index is 5.54. The van der Waals surface area contributed by atoms with E-state index in [1.807, 2.05) is 11.7 Å². The second kappa shape index (κ2) is 4.39. The highest BCUT2D eigenvalue weighted by molar-refractivity contribution is 7.09. The van der Waals surface area contributed by atoms with Crippen molar-refractivity contribution in [2.24, 2.45) is 5.73 Å². The average Bonchev–Trinajstić information content (AvgIpc) is 2.80. The Morgan fingerprint density at radius 1 is 1.50 bits per heavy atom. The van der Waals surface area contributed by atoms with Crippen molar-refractivity contribution in [1.82, 2.24) is 9.55 Å². The van der Waals surface area contributed by atoms with Crippen molar-refractivity contribution in [2.45, 2.75) is 13.0 Å². The van der Waals surface area contributed by atoms with Crippen LogP contribution in [0.25, 0.3) is 0 Å². The standard InChI is InChI=1S/C10H13N3S/c11-4-3-9-2-1-5-13(9)7-10-6-12-8-14-10/h1-2,5-6,8H,3-4,7,11H2. The van der Waals surface area contributed by atoms with Crippen LogP contribution in [0.4, 0.5) is 0 Å². The van der Waals surface area contributed by atoms with Gasteiger partial charge < -0.3 is 10.3 Å². The van der Waals surface area contributed by atoms with Crippen LogP contribution >= 0.6 is 11.3 Å². The fourth-order valence-electron chi connectivity index (χ4n) is 1.47. The van der Waals surface area contributed by atoms with Gasteiger partial charge in [0.1, 0.15) is 0 Å². The first-order chi connectivity index (χ1) is 6.90. The van der Waals surface area contributed by atoms with Crippen LogP contribution in [0.5, 0.6) is 0 Å². The monoisotopic (exact) mass is 207 g/mol. The number of rotatable bonds is 4. The van der Waals surface area contributed by atoms with Crippen molar-refractivity contribution in [3.8, 4) is 0 Å². The lowest BCUT2D eigenvalue weighted by molar-refractivity contribution is 0.743. The fraction of sp³-hybridized carbons (Fsp3) is 0.300. The highest BCUT2D eigenvalue weighted by atomic mass is 32.1. The predicted molar refractivity (Wildman–Crippen MR) is 58.4 cm³/mol. The molecule has 0 atom stereocenters. The Balaban J connectivity index is 2.12. The molecule has 0 fully saturated rings. The van der Waals surface area contributed by atoms with Gasteiger partial charge in [-0.1, -0.05) is 0 Å². The summed E-state index contributed by atoms with van der Waals surface area (Å²) in [5.74, 6) is 0. The van der Waals surface area contributed by atoms with Crippen molar-refractivity contribution in [3.63, 3.8) is 0 Å². The van der Waals surface area contributed by atoms with Gasteiger partial charge in [-0.15, -0.1) is 11.3 Å². The topological polar surface area (TPSA) is 43.8 Å². The van der Waals surface area contributed by atoms with Crippen molar-refractivity contribution in [2.75, 3.05) is 6.54 Å². The third kappa shape index (κ3) is 2.02. The first-order valence-corrected chi connectivity index (χ1v) is 5.49. The Morgan fingerprint density at radius 2 is 2.43 bits per heavy atom. The lowest BCUT2D eigenvalue weighted by Gasteiger charge is -2.05. The molecule has 74 valence electrons. The van der Waals surface area contributed by atoms with Crippen molar-refractivity contribution >= 4 is 11.3 Å². The van der Waals surface area contributed by atoms with Gasteiger partial charge >= 0.3 is 0 Å². The molecule has 0 radical (unpaired) electrons. The summed E-state index contributed by atoms with van der Waals surface area (Å²) in [4.78, 5) is 5.34. The highest BCUT2D eigenvalue weighted by Crippen LogP contribution is 2.11. The zero-order valence-corrected chi connectivity index (χ0v) is 8.70. The van der Waals surface area contributed by atoms with Crippen LogP contribution in [0.15, 0.2) is 30.0 Å². The van der Waals surface area contributed by atoms with Crippen molar-refractivity contribution in [3.05, 3.63) is 40.6 Å². The maximum Gasteiger partial charge on any atom is 0.0794 e. The molecule has 2 aromatic rings. The van der Waals surface area contributed by atoms with E-state index < -0.39 is 0 Å². The van der Waals surface area contributed by atoms with E-state index >= 15 is 0 Å². The Morgan fingerprint density at radius 3 is 3.14 bits per heavy atom. The Hall–Kier alpha value is -1.13. The minimum absolute atomic E-state index is 0.701. The van der Waals surface area contributed by atoms with Crippen LogP contribution in [0.1, 0.15) is 10.6 Å². The largest absolute Gasteiger partial charge is 0.346 e. The van der Waals surface area contributed by atoms with E-state index in [2.05, 4.69) is 27.9 Å². The van der Waals surface area contributed by atoms with E-state index in [0.717, 1.165) is 13.0 Å². The second-order valence-electron chi connectivity index (χ2n) is 3.13. The third-order valence-corrected chi connectivity index (χ3v) is 2.90. The van der Waals surface area contributed by atoms with E-state index in [1.54, 1.807) is 11.3 Å². The smallest absolute Gasteiger partial charge is 0.0794 e. The van der Waals surface area contributed by atoms with E-state index in [4.69, 9.17) is 5.73 Å². The molecule has 2 N–H and O–H groups in total. The van der Waals surface area contributed by atoms with Gasteiger partial charge in [-0.05, 0) is 25.1 Å². The predicted octanol–water partition coefficient (Wildman–Crippen LogP) is 1.49. The molecular formula is C10H13N3S. The molecule has 2 aromatic heterocycles. The lowest BCUT2D eigenvalue weighted by atomic mass is 10.3. The zero-order chi connectivity index (χ0) is 9.80. The van der Waals surface area contributed by atoms with Gasteiger partial charge in [-0.25, -0.2) is 0 Å². The molecule has 0 spiro atoms. The van der Waals surface area contributed by atoms with Crippen LogP contribution in [0.3, 0.4) is 0 Å². The van der Waals surface area contributed by atoms with E-state index in [9.17, 15) is 0 Å². The number of hydrogen-bond acceptors (Lipinski definition) is 3. The number of thiazole rings is 1. The molecule has 0 aliphatic heterocycles. The first-order valence-electron chi connectivity index (χ1n) is 4.61. The lowest BCUT2D eigenvalue weighted by Crippen LogP contribution is -2.08. The van der Waals surface area contributed by atoms with Gasteiger partial charge in [0.25, 0.3) is 0 Å². The van der Waals surface area contributed by atoms with Crippen LogP contribution in [-0.2, 0) is 13.0 Å². The highest BCUT2D eigenvalue weighted by Gasteiger charge is 2.01. The molecule has 0 aliphatic rings. The molecule has 0 aromatic carbocycles. The van der Waals surface area contributed by atoms with Crippen LogP contribution in [-0.4, -0.2) is 16.1 Å². The Bertz CT molecular complexity index is 378. The molecule has 4 heteroatoms. The summed E-state index contributed by atoms with van der Waals surface area (Å²) in [7, 11) is 0. The number of aromatic nitrogens is 2. The number of nitrogens with two attached hydrogens (primary N) is 1. The summed E-state index contributed by atoms with van der Waals surface area (Å²) in [5, 5.41) is 0. The molecule has 2 rings (SSSR count). The van der Waals surface area contributed by atoms with Gasteiger partial charge in [0.05, 0.1) is 12.1 Å². The fourth-order valence-corrected chi connectivity index (χ4v) is 2.06. The van der Waals surface area contributed by atoms with Crippen molar-refractivity contribution in [1.29, 1.82) is 0 Å². The number of nitrogens with zero attached hydrogens (tertiary/aromatic N) is 2. The molecule has 0 unspecified atom stereocenters. The second-order valence-corrected chi connectivity index (χ2v) is 4.10. The SMILES string of the molecule is NCCc1cccn1Cc1cncs1. The summed E-state index contributed by atoms with van der Waals surface area (Å²) in [6, 6.07) is 4.18. The molecule has 2 heterocycles. The molecule has 0 aliphatic carbocycles. The molecule has 0 saturated heterocycles. The van der Waals surface area contributed by atoms with Crippen LogP contribution in [0.2, 0.25) is 0 Å². The summed E-state index contributed by atoms with van der Waals surface area (Å²) in [5.41, 5.74) is 8.69. The van der Waals surface area contributed by atoms with Gasteiger partial charge in [-0.2, -0.15) is 0 Å². The summed E-state index contributed by atoms with van der Waals surface area (Å²) in [6.45, 7) is 1.61. The minimum Gasteiger partial charge on any atom is -0.346 e. The maximum atomic E-state index is 5.54. The Labute approximate surface area is 87.2 Å². The number of hydrogen-bond donors (Lipinski definition) is 1. The van der Waals surface area contributed by atoms with E-state index in [1.165, 1.54) is 10.6 Å². The molecule has 0 bridgehead atoms. The van der Waals surface area contributed by atoms with Gasteiger partial charge in [0.15, 0.2) is 0 Å². The first kappa shape index (κ1) is 9.43. The molecule has 0 saturated carbocycles. The molecule has 0 amide bonds.